The highest BCUT2D eigenvalue weighted by molar-refractivity contribution is 5.71. The van der Waals surface area contributed by atoms with Crippen molar-refractivity contribution in [2.75, 3.05) is 13.2 Å². The lowest BCUT2D eigenvalue weighted by atomic mass is 10.0. The van der Waals surface area contributed by atoms with Gasteiger partial charge in [-0.3, -0.25) is 14.4 Å². The summed E-state index contributed by atoms with van der Waals surface area (Å²) in [6.45, 7) is 6.44. The monoisotopic (exact) mass is 1160 g/mol. The first-order valence-corrected chi connectivity index (χ1v) is 35.7. The standard InChI is InChI=1S/C77H134O6/c1-4-7-10-13-16-19-22-25-27-29-31-33-34-35-36-37-38-39-40-41-42-44-45-47-49-52-55-58-61-64-67-70-76(79)82-73-74(72-81-75(78)69-66-63-60-57-54-51-24-21-18-15-12-9-6-3)83-77(80)71-68-65-62-59-56-53-50-48-46-43-32-30-28-26-23-20-17-14-11-8-5-2/h7,9-10,12,16,18-19,21,25,27,31,33,35-36,51,54,74H,4-6,8,11,13-15,17,20,22-24,26,28-30,32,34,37-50,52-53,55-73H2,1-3H3/b10-7-,12-9-,19-16-,21-18-,27-25-,33-31-,36-35-,54-51-. The van der Waals surface area contributed by atoms with E-state index in [-0.39, 0.29) is 31.1 Å². The molecule has 0 radical (unpaired) electrons. The van der Waals surface area contributed by atoms with E-state index in [1.165, 1.54) is 199 Å². The van der Waals surface area contributed by atoms with E-state index in [1.807, 2.05) is 0 Å². The lowest BCUT2D eigenvalue weighted by molar-refractivity contribution is -0.167. The fraction of sp³-hybridized carbons (Fsp3) is 0.753. The Morgan fingerprint density at radius 3 is 0.747 bits per heavy atom. The first-order valence-electron chi connectivity index (χ1n) is 35.7. The summed E-state index contributed by atoms with van der Waals surface area (Å²) in [6.07, 6.45) is 95.9. The van der Waals surface area contributed by atoms with E-state index < -0.39 is 6.10 Å². The van der Waals surface area contributed by atoms with Gasteiger partial charge in [0.15, 0.2) is 6.10 Å². The van der Waals surface area contributed by atoms with Crippen molar-refractivity contribution in [2.45, 2.75) is 361 Å². The summed E-state index contributed by atoms with van der Waals surface area (Å²) in [5, 5.41) is 0. The molecule has 0 aromatic heterocycles. The van der Waals surface area contributed by atoms with Gasteiger partial charge in [-0.2, -0.15) is 0 Å². The molecule has 0 rings (SSSR count). The third-order valence-electron chi connectivity index (χ3n) is 15.6. The number of esters is 3. The Kier molecular flexibility index (Phi) is 67.7. The molecule has 0 aromatic rings. The molecule has 6 nitrogen and oxygen atoms in total. The molecule has 0 bridgehead atoms. The molecule has 0 heterocycles. The van der Waals surface area contributed by atoms with E-state index in [9.17, 15) is 14.4 Å². The Hall–Kier alpha value is -3.67. The molecule has 0 fully saturated rings. The Balaban J connectivity index is 4.22. The molecule has 0 aliphatic heterocycles. The van der Waals surface area contributed by atoms with Gasteiger partial charge < -0.3 is 14.2 Å². The van der Waals surface area contributed by atoms with Gasteiger partial charge in [0.25, 0.3) is 0 Å². The second kappa shape index (κ2) is 70.8. The molecule has 0 aliphatic rings. The van der Waals surface area contributed by atoms with Crippen LogP contribution in [0.2, 0.25) is 0 Å². The minimum atomic E-state index is -0.789. The van der Waals surface area contributed by atoms with Crippen molar-refractivity contribution in [3.8, 4) is 0 Å². The van der Waals surface area contributed by atoms with Gasteiger partial charge in [0.05, 0.1) is 0 Å². The molecular weight excluding hydrogens is 1020 g/mol. The number of unbranched alkanes of at least 4 members (excludes halogenated alkanes) is 38. The van der Waals surface area contributed by atoms with Crippen LogP contribution in [0.15, 0.2) is 97.2 Å². The number of hydrogen-bond donors (Lipinski definition) is 0. The Morgan fingerprint density at radius 2 is 0.470 bits per heavy atom. The average molecular weight is 1160 g/mol. The Morgan fingerprint density at radius 1 is 0.253 bits per heavy atom. The molecule has 0 amide bonds. The number of allylic oxidation sites excluding steroid dienone is 16. The van der Waals surface area contributed by atoms with Gasteiger partial charge >= 0.3 is 17.9 Å². The highest BCUT2D eigenvalue weighted by atomic mass is 16.6. The topological polar surface area (TPSA) is 78.9 Å². The molecule has 1 unspecified atom stereocenters. The third-order valence-corrected chi connectivity index (χ3v) is 15.6. The zero-order valence-electron chi connectivity index (χ0n) is 54.9. The van der Waals surface area contributed by atoms with Crippen LogP contribution in [-0.2, 0) is 28.6 Å². The molecule has 0 aliphatic carbocycles. The number of rotatable bonds is 65. The van der Waals surface area contributed by atoms with Crippen LogP contribution in [0.5, 0.6) is 0 Å². The van der Waals surface area contributed by atoms with Gasteiger partial charge in [-0.25, -0.2) is 0 Å². The van der Waals surface area contributed by atoms with Crippen LogP contribution in [0.3, 0.4) is 0 Å². The lowest BCUT2D eigenvalue weighted by Gasteiger charge is -2.18. The van der Waals surface area contributed by atoms with Gasteiger partial charge in [-0.05, 0) is 96.3 Å². The van der Waals surface area contributed by atoms with Gasteiger partial charge in [0.1, 0.15) is 13.2 Å². The van der Waals surface area contributed by atoms with Crippen LogP contribution in [0, 0.1) is 0 Å². The van der Waals surface area contributed by atoms with Gasteiger partial charge in [0, 0.05) is 19.3 Å². The largest absolute Gasteiger partial charge is 0.462 e. The summed E-state index contributed by atoms with van der Waals surface area (Å²) in [5.74, 6) is -0.894. The van der Waals surface area contributed by atoms with Gasteiger partial charge in [-0.1, -0.05) is 336 Å². The number of carbonyl (C=O) groups is 3. The van der Waals surface area contributed by atoms with E-state index in [2.05, 4.69) is 118 Å². The van der Waals surface area contributed by atoms with Crippen molar-refractivity contribution in [1.82, 2.24) is 0 Å². The second-order valence-electron chi connectivity index (χ2n) is 23.7. The van der Waals surface area contributed by atoms with Gasteiger partial charge in [-0.15, -0.1) is 0 Å². The summed E-state index contributed by atoms with van der Waals surface area (Å²) < 4.78 is 17.0. The predicted molar refractivity (Wildman–Crippen MR) is 362 cm³/mol. The highest BCUT2D eigenvalue weighted by Gasteiger charge is 2.19. The maximum Gasteiger partial charge on any atom is 0.306 e. The van der Waals surface area contributed by atoms with Crippen LogP contribution in [0.25, 0.3) is 0 Å². The second-order valence-corrected chi connectivity index (χ2v) is 23.7. The molecule has 0 saturated heterocycles. The fourth-order valence-electron chi connectivity index (χ4n) is 10.3. The third kappa shape index (κ3) is 69.0. The summed E-state index contributed by atoms with van der Waals surface area (Å²) in [4.78, 5) is 38.4. The predicted octanol–water partition coefficient (Wildman–Crippen LogP) is 24.8. The molecule has 478 valence electrons. The van der Waals surface area contributed by atoms with Crippen LogP contribution in [-0.4, -0.2) is 37.2 Å². The first-order chi connectivity index (χ1) is 41.0. The van der Waals surface area contributed by atoms with E-state index in [4.69, 9.17) is 14.2 Å². The zero-order chi connectivity index (χ0) is 59.9. The molecule has 6 heteroatoms. The van der Waals surface area contributed by atoms with Crippen LogP contribution in [0.4, 0.5) is 0 Å². The quantitative estimate of drug-likeness (QED) is 0.0261. The van der Waals surface area contributed by atoms with E-state index in [0.717, 1.165) is 116 Å². The van der Waals surface area contributed by atoms with E-state index >= 15 is 0 Å². The van der Waals surface area contributed by atoms with Crippen molar-refractivity contribution < 1.29 is 28.6 Å². The Bertz CT molecular complexity index is 1610. The van der Waals surface area contributed by atoms with Crippen molar-refractivity contribution in [3.05, 3.63) is 97.2 Å². The maximum atomic E-state index is 13.0. The molecule has 0 aromatic carbocycles. The van der Waals surface area contributed by atoms with Crippen LogP contribution in [0.1, 0.15) is 355 Å². The summed E-state index contributed by atoms with van der Waals surface area (Å²) in [7, 11) is 0. The summed E-state index contributed by atoms with van der Waals surface area (Å²) in [5.41, 5.74) is 0. The molecular formula is C77H134O6. The van der Waals surface area contributed by atoms with Crippen LogP contribution >= 0.6 is 0 Å². The molecule has 1 atom stereocenters. The minimum Gasteiger partial charge on any atom is -0.462 e. The molecule has 0 saturated carbocycles. The maximum absolute atomic E-state index is 13.0. The highest BCUT2D eigenvalue weighted by Crippen LogP contribution is 2.18. The average Bonchev–Trinajstić information content (AvgIpc) is 3.49. The van der Waals surface area contributed by atoms with E-state index in [0.29, 0.717) is 19.3 Å². The fourth-order valence-corrected chi connectivity index (χ4v) is 10.3. The smallest absolute Gasteiger partial charge is 0.306 e. The van der Waals surface area contributed by atoms with E-state index in [1.54, 1.807) is 0 Å². The Labute approximate surface area is 515 Å². The molecule has 0 N–H and O–H groups in total. The minimum absolute atomic E-state index is 0.0828. The first kappa shape index (κ1) is 79.3. The van der Waals surface area contributed by atoms with Crippen molar-refractivity contribution in [1.29, 1.82) is 0 Å². The normalized spacial score (nSPS) is 12.7. The van der Waals surface area contributed by atoms with Gasteiger partial charge in [0.2, 0.25) is 0 Å². The summed E-state index contributed by atoms with van der Waals surface area (Å²) in [6, 6.07) is 0. The SMILES string of the molecule is CC/C=C\C/C=C\C/C=C\C/C=C\C/C=C\CCCCCCCCCCCCCCCCCC(=O)OCC(COC(=O)CCCCC/C=C\C/C=C\C/C=C\CC)OC(=O)CCCCCCCCCCCCCCCCCCCCCCC. The van der Waals surface area contributed by atoms with Crippen LogP contribution < -0.4 is 0 Å². The van der Waals surface area contributed by atoms with Crippen molar-refractivity contribution in [2.24, 2.45) is 0 Å². The summed E-state index contributed by atoms with van der Waals surface area (Å²) >= 11 is 0. The molecule has 0 spiro atoms. The molecule has 83 heavy (non-hydrogen) atoms. The number of ether oxygens (including phenoxy) is 3. The number of carbonyl (C=O) groups excluding carboxylic acids is 3. The zero-order valence-corrected chi connectivity index (χ0v) is 54.9. The number of hydrogen-bond acceptors (Lipinski definition) is 6. The van der Waals surface area contributed by atoms with Crippen molar-refractivity contribution in [3.63, 3.8) is 0 Å². The van der Waals surface area contributed by atoms with Crippen molar-refractivity contribution >= 4 is 17.9 Å². The lowest BCUT2D eigenvalue weighted by Crippen LogP contribution is -2.30.